The van der Waals surface area contributed by atoms with Crippen LogP contribution in [-0.4, -0.2) is 25.1 Å². The SMILES string of the molecule is COc1cc(NC(=O)c2cc(-c3cccs3)nc3ccc(C)cc23)cc(OC)c1. The highest BCUT2D eigenvalue weighted by atomic mass is 32.1. The number of aromatic nitrogens is 1. The minimum Gasteiger partial charge on any atom is -0.497 e. The van der Waals surface area contributed by atoms with Gasteiger partial charge in [0.2, 0.25) is 0 Å². The molecule has 1 N–H and O–H groups in total. The monoisotopic (exact) mass is 404 g/mol. The number of carbonyl (C=O) groups is 1. The molecule has 0 fully saturated rings. The van der Waals surface area contributed by atoms with Crippen molar-refractivity contribution in [3.8, 4) is 22.1 Å². The number of ether oxygens (including phenoxy) is 2. The fourth-order valence-electron chi connectivity index (χ4n) is 3.16. The molecule has 0 radical (unpaired) electrons. The third kappa shape index (κ3) is 3.93. The molecule has 0 spiro atoms. The summed E-state index contributed by atoms with van der Waals surface area (Å²) in [4.78, 5) is 19.0. The van der Waals surface area contributed by atoms with Crippen LogP contribution in [0.25, 0.3) is 21.5 Å². The van der Waals surface area contributed by atoms with Crippen molar-refractivity contribution >= 4 is 33.8 Å². The molecule has 5 nitrogen and oxygen atoms in total. The van der Waals surface area contributed by atoms with E-state index in [2.05, 4.69) is 5.32 Å². The summed E-state index contributed by atoms with van der Waals surface area (Å²) in [6.45, 7) is 2.00. The van der Waals surface area contributed by atoms with Crippen molar-refractivity contribution in [2.45, 2.75) is 6.92 Å². The molecule has 0 atom stereocenters. The van der Waals surface area contributed by atoms with Gasteiger partial charge >= 0.3 is 0 Å². The van der Waals surface area contributed by atoms with Crippen molar-refractivity contribution in [1.82, 2.24) is 4.98 Å². The Balaban J connectivity index is 1.80. The Hall–Kier alpha value is -3.38. The van der Waals surface area contributed by atoms with Crippen molar-refractivity contribution in [2.75, 3.05) is 19.5 Å². The summed E-state index contributed by atoms with van der Waals surface area (Å²) in [7, 11) is 3.15. The van der Waals surface area contributed by atoms with Crippen molar-refractivity contribution in [1.29, 1.82) is 0 Å². The average molecular weight is 404 g/mol. The number of thiophene rings is 1. The fourth-order valence-corrected chi connectivity index (χ4v) is 3.84. The van der Waals surface area contributed by atoms with E-state index in [0.717, 1.165) is 27.0 Å². The maximum Gasteiger partial charge on any atom is 0.256 e. The smallest absolute Gasteiger partial charge is 0.256 e. The van der Waals surface area contributed by atoms with E-state index in [-0.39, 0.29) is 5.91 Å². The van der Waals surface area contributed by atoms with Crippen LogP contribution < -0.4 is 14.8 Å². The summed E-state index contributed by atoms with van der Waals surface area (Å²) in [5, 5.41) is 5.78. The Kier molecular flexibility index (Phi) is 5.18. The molecule has 0 bridgehead atoms. The molecule has 4 aromatic rings. The van der Waals surface area contributed by atoms with Gasteiger partial charge in [-0.3, -0.25) is 4.79 Å². The summed E-state index contributed by atoms with van der Waals surface area (Å²) in [6.07, 6.45) is 0. The van der Waals surface area contributed by atoms with Gasteiger partial charge in [0.1, 0.15) is 11.5 Å². The molecule has 0 unspecified atom stereocenters. The predicted octanol–water partition coefficient (Wildman–Crippen LogP) is 5.54. The Morgan fingerprint density at radius 2 is 1.76 bits per heavy atom. The number of hydrogen-bond acceptors (Lipinski definition) is 5. The highest BCUT2D eigenvalue weighted by Gasteiger charge is 2.16. The van der Waals surface area contributed by atoms with Gasteiger partial charge in [0.15, 0.2) is 0 Å². The molecular weight excluding hydrogens is 384 g/mol. The van der Waals surface area contributed by atoms with E-state index < -0.39 is 0 Å². The van der Waals surface area contributed by atoms with Crippen LogP contribution in [0, 0.1) is 6.92 Å². The van der Waals surface area contributed by atoms with E-state index in [4.69, 9.17) is 14.5 Å². The van der Waals surface area contributed by atoms with Gasteiger partial charge in [-0.1, -0.05) is 17.7 Å². The molecule has 2 aromatic carbocycles. The molecule has 146 valence electrons. The number of fused-ring (bicyclic) bond motifs is 1. The highest BCUT2D eigenvalue weighted by molar-refractivity contribution is 7.13. The molecule has 29 heavy (non-hydrogen) atoms. The van der Waals surface area contributed by atoms with Crippen LogP contribution in [0.2, 0.25) is 0 Å². The molecular formula is C23H20N2O3S. The summed E-state index contributed by atoms with van der Waals surface area (Å²) in [6, 6.07) is 17.0. The lowest BCUT2D eigenvalue weighted by atomic mass is 10.0. The minimum atomic E-state index is -0.212. The van der Waals surface area contributed by atoms with Gasteiger partial charge in [-0.15, -0.1) is 11.3 Å². The normalized spacial score (nSPS) is 10.7. The third-order valence-corrected chi connectivity index (χ3v) is 5.48. The summed E-state index contributed by atoms with van der Waals surface area (Å²) >= 11 is 1.59. The third-order valence-electron chi connectivity index (χ3n) is 4.59. The quantitative estimate of drug-likeness (QED) is 0.474. The zero-order valence-corrected chi connectivity index (χ0v) is 17.2. The largest absolute Gasteiger partial charge is 0.497 e. The minimum absolute atomic E-state index is 0.212. The Morgan fingerprint density at radius 3 is 2.41 bits per heavy atom. The lowest BCUT2D eigenvalue weighted by Gasteiger charge is -2.12. The van der Waals surface area contributed by atoms with Crippen LogP contribution in [0.4, 0.5) is 5.69 Å². The zero-order valence-electron chi connectivity index (χ0n) is 16.4. The van der Waals surface area contributed by atoms with Gasteiger partial charge < -0.3 is 14.8 Å². The second-order valence-corrected chi connectivity index (χ2v) is 7.56. The lowest BCUT2D eigenvalue weighted by Crippen LogP contribution is -2.13. The molecule has 0 aliphatic rings. The summed E-state index contributed by atoms with van der Waals surface area (Å²) in [5.41, 5.74) is 3.81. The Bertz CT molecular complexity index is 1160. The average Bonchev–Trinajstić information content (AvgIpc) is 3.27. The van der Waals surface area contributed by atoms with Gasteiger partial charge in [-0.05, 0) is 36.6 Å². The van der Waals surface area contributed by atoms with Gasteiger partial charge in [-0.2, -0.15) is 0 Å². The molecule has 2 heterocycles. The molecule has 0 aliphatic heterocycles. The fraction of sp³-hybridized carbons (Fsp3) is 0.130. The first-order valence-corrected chi connectivity index (χ1v) is 9.95. The first kappa shape index (κ1) is 19.0. The second-order valence-electron chi connectivity index (χ2n) is 6.61. The van der Waals surface area contributed by atoms with E-state index in [1.807, 2.05) is 48.7 Å². The van der Waals surface area contributed by atoms with E-state index >= 15 is 0 Å². The van der Waals surface area contributed by atoms with Crippen LogP contribution in [0.3, 0.4) is 0 Å². The lowest BCUT2D eigenvalue weighted by molar-refractivity contribution is 0.102. The molecule has 0 saturated carbocycles. The number of aryl methyl sites for hydroxylation is 1. The first-order chi connectivity index (χ1) is 14.1. The van der Waals surface area contributed by atoms with E-state index in [0.29, 0.717) is 22.7 Å². The maximum atomic E-state index is 13.2. The topological polar surface area (TPSA) is 60.5 Å². The number of anilines is 1. The van der Waals surface area contributed by atoms with Crippen molar-refractivity contribution in [2.24, 2.45) is 0 Å². The maximum absolute atomic E-state index is 13.2. The number of amides is 1. The summed E-state index contributed by atoms with van der Waals surface area (Å²) in [5.74, 6) is 1.000. The first-order valence-electron chi connectivity index (χ1n) is 9.07. The van der Waals surface area contributed by atoms with E-state index in [9.17, 15) is 4.79 Å². The van der Waals surface area contributed by atoms with Crippen molar-refractivity contribution in [3.63, 3.8) is 0 Å². The van der Waals surface area contributed by atoms with Gasteiger partial charge in [0.25, 0.3) is 5.91 Å². The zero-order chi connectivity index (χ0) is 20.4. The number of nitrogens with one attached hydrogen (secondary N) is 1. The molecule has 1 amide bonds. The van der Waals surface area contributed by atoms with Gasteiger partial charge in [-0.25, -0.2) is 4.98 Å². The van der Waals surface area contributed by atoms with E-state index in [1.54, 1.807) is 43.8 Å². The molecule has 0 saturated heterocycles. The summed E-state index contributed by atoms with van der Waals surface area (Å²) < 4.78 is 10.6. The van der Waals surface area contributed by atoms with E-state index in [1.165, 1.54) is 0 Å². The highest BCUT2D eigenvalue weighted by Crippen LogP contribution is 2.30. The van der Waals surface area contributed by atoms with Crippen LogP contribution >= 0.6 is 11.3 Å². The molecule has 6 heteroatoms. The number of hydrogen-bond donors (Lipinski definition) is 1. The van der Waals surface area contributed by atoms with Crippen molar-refractivity contribution in [3.05, 3.63) is 71.1 Å². The van der Waals surface area contributed by atoms with Crippen LogP contribution in [0.5, 0.6) is 11.5 Å². The molecule has 0 aliphatic carbocycles. The van der Waals surface area contributed by atoms with Gasteiger partial charge in [0.05, 0.1) is 35.9 Å². The number of nitrogens with zero attached hydrogens (tertiary/aromatic N) is 1. The van der Waals surface area contributed by atoms with Crippen LogP contribution in [0.15, 0.2) is 60.0 Å². The Labute approximate surface area is 172 Å². The number of pyridine rings is 1. The van der Waals surface area contributed by atoms with Crippen LogP contribution in [0.1, 0.15) is 15.9 Å². The van der Waals surface area contributed by atoms with Gasteiger partial charge in [0, 0.05) is 29.3 Å². The Morgan fingerprint density at radius 1 is 1.00 bits per heavy atom. The number of rotatable bonds is 5. The second kappa shape index (κ2) is 7.93. The number of benzene rings is 2. The number of methoxy groups -OCH3 is 2. The molecule has 2 aromatic heterocycles. The van der Waals surface area contributed by atoms with Crippen molar-refractivity contribution < 1.29 is 14.3 Å². The standard InChI is InChI=1S/C23H20N2O3S/c1-14-6-7-20-18(9-14)19(13-21(25-20)22-5-4-8-29-22)23(26)24-15-10-16(27-2)12-17(11-15)28-3/h4-13H,1-3H3,(H,24,26). The van der Waals surface area contributed by atoms with Crippen LogP contribution in [-0.2, 0) is 0 Å². The molecule has 4 rings (SSSR count). The predicted molar refractivity (Wildman–Crippen MR) is 117 cm³/mol. The number of carbonyl (C=O) groups excluding carboxylic acids is 1.